The first kappa shape index (κ1) is 19.3. The van der Waals surface area contributed by atoms with Gasteiger partial charge in [-0.2, -0.15) is 0 Å². The van der Waals surface area contributed by atoms with Gasteiger partial charge in [-0.3, -0.25) is 9.59 Å². The molecule has 0 aliphatic carbocycles. The van der Waals surface area contributed by atoms with Crippen LogP contribution in [-0.4, -0.2) is 69.2 Å². The maximum absolute atomic E-state index is 11.4. The Morgan fingerprint density at radius 3 is 2.26 bits per heavy atom. The fourth-order valence-corrected chi connectivity index (χ4v) is 2.57. The molecule has 0 spiro atoms. The van der Waals surface area contributed by atoms with Crippen molar-refractivity contribution < 1.29 is 34.4 Å². The summed E-state index contributed by atoms with van der Waals surface area (Å²) in [5.74, 6) is -5.29. The van der Waals surface area contributed by atoms with Gasteiger partial charge in [-0.15, -0.1) is 0 Å². The Bertz CT molecular complexity index is 466. The Balaban J connectivity index is 3.21. The van der Waals surface area contributed by atoms with Crippen LogP contribution in [0.2, 0.25) is 0 Å². The van der Waals surface area contributed by atoms with Crippen molar-refractivity contribution in [2.24, 2.45) is 5.73 Å². The Hall–Kier alpha value is -1.75. The molecule has 23 heavy (non-hydrogen) atoms. The predicted octanol–water partition coefficient (Wildman–Crippen LogP) is -2.73. The van der Waals surface area contributed by atoms with Crippen molar-refractivity contribution in [2.45, 2.75) is 63.3 Å². The Morgan fingerprint density at radius 2 is 1.87 bits per heavy atom. The summed E-state index contributed by atoms with van der Waals surface area (Å²) in [6.07, 6.45) is -3.29. The third kappa shape index (κ3) is 4.61. The number of carbonyl (C=O) groups excluding carboxylic acids is 2. The quantitative estimate of drug-likeness (QED) is 0.314. The zero-order chi connectivity index (χ0) is 17.9. The van der Waals surface area contributed by atoms with Gasteiger partial charge in [-0.05, 0) is 6.92 Å². The number of ether oxygens (including phenoxy) is 1. The summed E-state index contributed by atoms with van der Waals surface area (Å²) in [4.78, 5) is 33.9. The highest BCUT2D eigenvalue weighted by Crippen LogP contribution is 2.30. The molecule has 2 amide bonds. The van der Waals surface area contributed by atoms with E-state index in [1.807, 2.05) is 0 Å². The van der Waals surface area contributed by atoms with Crippen molar-refractivity contribution in [3.05, 3.63) is 0 Å². The molecule has 1 saturated heterocycles. The molecule has 0 bridgehead atoms. The van der Waals surface area contributed by atoms with Crippen molar-refractivity contribution >= 4 is 17.8 Å². The van der Waals surface area contributed by atoms with Crippen LogP contribution in [-0.2, 0) is 19.1 Å². The van der Waals surface area contributed by atoms with Crippen molar-refractivity contribution in [1.82, 2.24) is 10.6 Å². The minimum atomic E-state index is -2.65. The summed E-state index contributed by atoms with van der Waals surface area (Å²) in [5.41, 5.74) is 5.80. The second kappa shape index (κ2) is 7.21. The first-order valence-corrected chi connectivity index (χ1v) is 7.09. The fourth-order valence-electron chi connectivity index (χ4n) is 2.57. The van der Waals surface area contributed by atoms with Crippen LogP contribution in [0, 0.1) is 0 Å². The van der Waals surface area contributed by atoms with E-state index in [-0.39, 0.29) is 0 Å². The summed E-state index contributed by atoms with van der Waals surface area (Å²) in [5, 5.41) is 34.3. The van der Waals surface area contributed by atoms with Gasteiger partial charge in [-0.25, -0.2) is 4.79 Å². The number of carboxylic acids is 1. The fraction of sp³-hybridized carbons (Fsp3) is 0.769. The van der Waals surface area contributed by atoms with Crippen LogP contribution in [0.1, 0.15) is 27.2 Å². The molecule has 6 atom stereocenters. The molecule has 0 saturated carbocycles. The van der Waals surface area contributed by atoms with Gasteiger partial charge in [0.05, 0.1) is 18.2 Å². The van der Waals surface area contributed by atoms with Gasteiger partial charge in [0.1, 0.15) is 6.10 Å². The van der Waals surface area contributed by atoms with E-state index < -0.39 is 60.3 Å². The summed E-state index contributed by atoms with van der Waals surface area (Å²) in [6, 6.07) is -2.69. The van der Waals surface area contributed by atoms with E-state index >= 15 is 0 Å². The monoisotopic (exact) mass is 333 g/mol. The van der Waals surface area contributed by atoms with Gasteiger partial charge >= 0.3 is 5.97 Å². The molecule has 0 unspecified atom stereocenters. The number of nitrogens with two attached hydrogens (primary N) is 1. The number of nitrogens with one attached hydrogen (secondary N) is 2. The van der Waals surface area contributed by atoms with Crippen LogP contribution in [0.15, 0.2) is 0 Å². The molecular weight excluding hydrogens is 310 g/mol. The van der Waals surface area contributed by atoms with Gasteiger partial charge in [0.2, 0.25) is 11.8 Å². The van der Waals surface area contributed by atoms with Crippen LogP contribution in [0.3, 0.4) is 0 Å². The van der Waals surface area contributed by atoms with Gasteiger partial charge in [0, 0.05) is 26.3 Å². The molecule has 1 rings (SSSR count). The average Bonchev–Trinajstić information content (AvgIpc) is 2.38. The van der Waals surface area contributed by atoms with Gasteiger partial charge in [0.25, 0.3) is 5.79 Å². The number of carbonyl (C=O) groups is 3. The number of carboxylic acid groups (broad SMARTS) is 1. The van der Waals surface area contributed by atoms with Crippen LogP contribution < -0.4 is 16.4 Å². The first-order chi connectivity index (χ1) is 10.5. The lowest BCUT2D eigenvalue weighted by Gasteiger charge is -2.46. The maximum Gasteiger partial charge on any atom is 0.364 e. The molecule has 10 nitrogen and oxygen atoms in total. The third-order valence-electron chi connectivity index (χ3n) is 3.58. The molecule has 1 fully saturated rings. The predicted molar refractivity (Wildman–Crippen MR) is 76.9 cm³/mol. The van der Waals surface area contributed by atoms with E-state index in [0.717, 1.165) is 0 Å². The van der Waals surface area contributed by atoms with E-state index in [1.54, 1.807) is 0 Å². The number of aliphatic hydroxyl groups is 2. The number of aliphatic hydroxyl groups excluding tert-OH is 1. The van der Waals surface area contributed by atoms with E-state index in [9.17, 15) is 24.6 Å². The standard InChI is InChI=1S/C13H23N3O7/c1-5(14)9(15-6(2)17)11-10(16-7(3)18)8(19)4-13(22,23-11)12(20)21/h5,8-11,19,22H,4,14H2,1-3H3,(H,15,17)(H,16,18)(H,20,21)/t5-,8+,9-,10-,11+,13+/m1/s1. The number of rotatable bonds is 5. The Kier molecular flexibility index (Phi) is 6.05. The van der Waals surface area contributed by atoms with Crippen molar-refractivity contribution in [2.75, 3.05) is 0 Å². The molecule has 132 valence electrons. The average molecular weight is 333 g/mol. The minimum absolute atomic E-state index is 0.462. The lowest BCUT2D eigenvalue weighted by atomic mass is 9.87. The van der Waals surface area contributed by atoms with Crippen LogP contribution in [0.5, 0.6) is 0 Å². The maximum atomic E-state index is 11.4. The van der Waals surface area contributed by atoms with E-state index in [1.165, 1.54) is 20.8 Å². The van der Waals surface area contributed by atoms with Crippen molar-refractivity contribution in [3.63, 3.8) is 0 Å². The molecule has 10 heteroatoms. The highest BCUT2D eigenvalue weighted by Gasteiger charge is 2.53. The molecule has 1 aliphatic rings. The van der Waals surface area contributed by atoms with Gasteiger partial charge < -0.3 is 36.4 Å². The Morgan fingerprint density at radius 1 is 1.30 bits per heavy atom. The smallest absolute Gasteiger partial charge is 0.364 e. The minimum Gasteiger partial charge on any atom is -0.477 e. The SMILES string of the molecule is CC(=O)N[C@@H]([C@@H]1O[C@](O)(C(=O)O)C[C@H](O)[C@H]1NC(C)=O)[C@@H](C)N. The van der Waals surface area contributed by atoms with E-state index in [0.29, 0.717) is 0 Å². The Labute approximate surface area is 133 Å². The lowest BCUT2D eigenvalue weighted by Crippen LogP contribution is -2.70. The molecule has 0 aromatic carbocycles. The molecule has 0 aromatic heterocycles. The zero-order valence-corrected chi connectivity index (χ0v) is 13.1. The third-order valence-corrected chi connectivity index (χ3v) is 3.58. The van der Waals surface area contributed by atoms with E-state index in [2.05, 4.69) is 10.6 Å². The second-order valence-corrected chi connectivity index (χ2v) is 5.76. The number of hydrogen-bond donors (Lipinski definition) is 6. The molecular formula is C13H23N3O7. The summed E-state index contributed by atoms with van der Waals surface area (Å²) in [7, 11) is 0. The van der Waals surface area contributed by atoms with Crippen LogP contribution in [0.25, 0.3) is 0 Å². The second-order valence-electron chi connectivity index (χ2n) is 5.76. The summed E-state index contributed by atoms with van der Waals surface area (Å²) >= 11 is 0. The van der Waals surface area contributed by atoms with Crippen molar-refractivity contribution in [1.29, 1.82) is 0 Å². The number of amides is 2. The van der Waals surface area contributed by atoms with Crippen LogP contribution >= 0.6 is 0 Å². The highest BCUT2D eigenvalue weighted by atomic mass is 16.7. The summed E-state index contributed by atoms with van der Waals surface area (Å²) < 4.78 is 5.23. The van der Waals surface area contributed by atoms with Gasteiger partial charge in [0.15, 0.2) is 0 Å². The molecule has 0 radical (unpaired) electrons. The highest BCUT2D eigenvalue weighted by molar-refractivity contribution is 5.76. The lowest BCUT2D eigenvalue weighted by molar-refractivity contribution is -0.281. The van der Waals surface area contributed by atoms with Crippen LogP contribution in [0.4, 0.5) is 0 Å². The molecule has 7 N–H and O–H groups in total. The topological polar surface area (TPSA) is 171 Å². The van der Waals surface area contributed by atoms with Gasteiger partial charge in [-0.1, -0.05) is 0 Å². The molecule has 0 aromatic rings. The van der Waals surface area contributed by atoms with Crippen molar-refractivity contribution in [3.8, 4) is 0 Å². The summed E-state index contributed by atoms with van der Waals surface area (Å²) in [6.45, 7) is 3.97. The molecule has 1 heterocycles. The van der Waals surface area contributed by atoms with E-state index in [4.69, 9.17) is 15.6 Å². The number of hydrogen-bond acceptors (Lipinski definition) is 7. The largest absolute Gasteiger partial charge is 0.477 e. The number of aliphatic carboxylic acids is 1. The first-order valence-electron chi connectivity index (χ1n) is 7.09. The molecule has 1 aliphatic heterocycles. The zero-order valence-electron chi connectivity index (χ0n) is 13.1. The normalized spacial score (nSPS) is 33.4.